The number of hydrogen-bond donors (Lipinski definition) is 2. The molecule has 0 aliphatic rings. The highest BCUT2D eigenvalue weighted by molar-refractivity contribution is 6.32. The van der Waals surface area contributed by atoms with E-state index in [1.807, 2.05) is 0 Å². The minimum Gasteiger partial charge on any atom is -0.393 e. The van der Waals surface area contributed by atoms with Crippen LogP contribution >= 0.6 is 11.6 Å². The van der Waals surface area contributed by atoms with E-state index < -0.39 is 0 Å². The quantitative estimate of drug-likeness (QED) is 0.786. The number of nitrogen functional groups attached to an aromatic ring is 1. The summed E-state index contributed by atoms with van der Waals surface area (Å²) in [6.45, 7) is 2.32. The summed E-state index contributed by atoms with van der Waals surface area (Å²) in [7, 11) is 0. The lowest BCUT2D eigenvalue weighted by atomic mass is 10.4. The Morgan fingerprint density at radius 3 is 3.00 bits per heavy atom. The second-order valence-corrected chi connectivity index (χ2v) is 3.69. The summed E-state index contributed by atoms with van der Waals surface area (Å²) < 4.78 is 4.85. The molecular formula is C9H11ClN6O. The molecule has 0 amide bonds. The summed E-state index contributed by atoms with van der Waals surface area (Å²) in [6.07, 6.45) is 1.96. The zero-order valence-electron chi connectivity index (χ0n) is 9.14. The molecule has 2 aromatic rings. The molecule has 3 N–H and O–H groups in total. The van der Waals surface area contributed by atoms with Gasteiger partial charge in [0.05, 0.1) is 0 Å². The van der Waals surface area contributed by atoms with Gasteiger partial charge in [-0.25, -0.2) is 9.97 Å². The molecule has 0 spiro atoms. The lowest BCUT2D eigenvalue weighted by molar-refractivity contribution is 0.387. The first-order valence-electron chi connectivity index (χ1n) is 4.96. The van der Waals surface area contributed by atoms with Gasteiger partial charge in [-0.2, -0.15) is 4.98 Å². The number of nitrogens with two attached hydrogens (primary N) is 1. The van der Waals surface area contributed by atoms with Crippen molar-refractivity contribution >= 4 is 23.1 Å². The van der Waals surface area contributed by atoms with Gasteiger partial charge in [0.1, 0.15) is 12.0 Å². The lowest BCUT2D eigenvalue weighted by Crippen LogP contribution is -2.10. The van der Waals surface area contributed by atoms with Crippen LogP contribution in [0.2, 0.25) is 5.15 Å². The van der Waals surface area contributed by atoms with Crippen molar-refractivity contribution < 1.29 is 4.52 Å². The van der Waals surface area contributed by atoms with Gasteiger partial charge in [-0.05, 0) is 0 Å². The number of rotatable bonds is 4. The van der Waals surface area contributed by atoms with Crippen LogP contribution in [0.25, 0.3) is 0 Å². The van der Waals surface area contributed by atoms with E-state index in [1.165, 1.54) is 6.33 Å². The zero-order chi connectivity index (χ0) is 12.3. The van der Waals surface area contributed by atoms with Crippen molar-refractivity contribution in [1.82, 2.24) is 20.1 Å². The van der Waals surface area contributed by atoms with Crippen molar-refractivity contribution in [2.45, 2.75) is 13.3 Å². The number of nitrogens with one attached hydrogen (secondary N) is 1. The van der Waals surface area contributed by atoms with Gasteiger partial charge in [-0.3, -0.25) is 0 Å². The summed E-state index contributed by atoms with van der Waals surface area (Å²) in [5, 5.41) is 7.03. The number of aromatic nitrogens is 4. The molecule has 0 atom stereocenters. The van der Waals surface area contributed by atoms with E-state index in [4.69, 9.17) is 21.9 Å². The zero-order valence-corrected chi connectivity index (χ0v) is 9.90. The highest BCUT2D eigenvalue weighted by atomic mass is 35.5. The van der Waals surface area contributed by atoms with E-state index in [0.717, 1.165) is 0 Å². The maximum Gasteiger partial charge on any atom is 0.223 e. The van der Waals surface area contributed by atoms with Crippen LogP contribution in [0.15, 0.2) is 10.9 Å². The molecular weight excluding hydrogens is 244 g/mol. The Hall–Kier alpha value is -1.89. The van der Waals surface area contributed by atoms with Crippen molar-refractivity contribution in [3.8, 4) is 0 Å². The summed E-state index contributed by atoms with van der Waals surface area (Å²) in [5.41, 5.74) is 6.03. The fourth-order valence-electron chi connectivity index (χ4n) is 1.25. The molecule has 2 rings (SSSR count). The van der Waals surface area contributed by atoms with Crippen LogP contribution in [-0.2, 0) is 6.42 Å². The van der Waals surface area contributed by atoms with Crippen molar-refractivity contribution in [1.29, 1.82) is 0 Å². The Balaban J connectivity index is 1.92. The maximum atomic E-state index is 5.76. The second kappa shape index (κ2) is 4.96. The molecule has 17 heavy (non-hydrogen) atoms. The molecule has 0 aliphatic heterocycles. The fourth-order valence-corrected chi connectivity index (χ4v) is 1.38. The third-order valence-electron chi connectivity index (χ3n) is 2.05. The summed E-state index contributed by atoms with van der Waals surface area (Å²) in [5.74, 6) is 1.68. The van der Waals surface area contributed by atoms with E-state index in [0.29, 0.717) is 36.2 Å². The smallest absolute Gasteiger partial charge is 0.223 e. The van der Waals surface area contributed by atoms with Crippen molar-refractivity contribution in [3.63, 3.8) is 0 Å². The van der Waals surface area contributed by atoms with Crippen LogP contribution in [0.4, 0.5) is 11.5 Å². The molecule has 0 unspecified atom stereocenters. The third kappa shape index (κ3) is 2.82. The average molecular weight is 255 g/mol. The van der Waals surface area contributed by atoms with Gasteiger partial charge in [0.25, 0.3) is 0 Å². The van der Waals surface area contributed by atoms with Gasteiger partial charge < -0.3 is 15.6 Å². The fraction of sp³-hybridized carbons (Fsp3) is 0.333. The van der Waals surface area contributed by atoms with E-state index in [2.05, 4.69) is 25.4 Å². The SMILES string of the molecule is Cc1nc(CCNc2ncnc(Cl)c2N)no1. The molecule has 2 heterocycles. The molecule has 2 aromatic heterocycles. The molecule has 7 nitrogen and oxygen atoms in total. The first-order valence-corrected chi connectivity index (χ1v) is 5.33. The summed E-state index contributed by atoms with van der Waals surface area (Å²) in [6, 6.07) is 0. The van der Waals surface area contributed by atoms with Crippen LogP contribution in [-0.4, -0.2) is 26.7 Å². The van der Waals surface area contributed by atoms with Gasteiger partial charge in [0, 0.05) is 19.9 Å². The van der Waals surface area contributed by atoms with Crippen LogP contribution in [0, 0.1) is 6.92 Å². The van der Waals surface area contributed by atoms with Crippen molar-refractivity contribution in [3.05, 3.63) is 23.2 Å². The van der Waals surface area contributed by atoms with E-state index in [9.17, 15) is 0 Å². The molecule has 0 aliphatic carbocycles. The molecule has 8 heteroatoms. The highest BCUT2D eigenvalue weighted by Crippen LogP contribution is 2.21. The summed E-state index contributed by atoms with van der Waals surface area (Å²) >= 11 is 5.76. The Morgan fingerprint density at radius 2 is 2.29 bits per heavy atom. The first-order chi connectivity index (χ1) is 8.16. The Kier molecular flexibility index (Phi) is 3.38. The van der Waals surface area contributed by atoms with Crippen molar-refractivity contribution in [2.75, 3.05) is 17.6 Å². The topological polar surface area (TPSA) is 103 Å². The van der Waals surface area contributed by atoms with Crippen LogP contribution < -0.4 is 11.1 Å². The Morgan fingerprint density at radius 1 is 1.47 bits per heavy atom. The molecule has 0 saturated carbocycles. The minimum atomic E-state index is 0.234. The van der Waals surface area contributed by atoms with E-state index in [1.54, 1.807) is 6.92 Å². The monoisotopic (exact) mass is 254 g/mol. The number of nitrogens with zero attached hydrogens (tertiary/aromatic N) is 4. The van der Waals surface area contributed by atoms with Crippen molar-refractivity contribution in [2.24, 2.45) is 0 Å². The van der Waals surface area contributed by atoms with Crippen LogP contribution in [0.5, 0.6) is 0 Å². The van der Waals surface area contributed by atoms with E-state index >= 15 is 0 Å². The Bertz CT molecular complexity index is 514. The van der Waals surface area contributed by atoms with Gasteiger partial charge in [0.2, 0.25) is 5.89 Å². The predicted octanol–water partition coefficient (Wildman–Crippen LogP) is 1.06. The third-order valence-corrected chi connectivity index (χ3v) is 2.35. The van der Waals surface area contributed by atoms with E-state index in [-0.39, 0.29) is 5.15 Å². The number of halogens is 1. The van der Waals surface area contributed by atoms with Crippen LogP contribution in [0.1, 0.15) is 11.7 Å². The molecule has 0 fully saturated rings. The van der Waals surface area contributed by atoms with Gasteiger partial charge in [-0.1, -0.05) is 16.8 Å². The maximum absolute atomic E-state index is 5.76. The van der Waals surface area contributed by atoms with Crippen LogP contribution in [0.3, 0.4) is 0 Å². The van der Waals surface area contributed by atoms with Gasteiger partial charge in [-0.15, -0.1) is 0 Å². The number of aryl methyl sites for hydroxylation is 1. The largest absolute Gasteiger partial charge is 0.393 e. The molecule has 0 radical (unpaired) electrons. The normalized spacial score (nSPS) is 10.5. The number of anilines is 2. The van der Waals surface area contributed by atoms with Gasteiger partial charge in [0.15, 0.2) is 16.8 Å². The molecule has 0 bridgehead atoms. The highest BCUT2D eigenvalue weighted by Gasteiger charge is 2.06. The standard InChI is InChI=1S/C9H11ClN6O/c1-5-15-6(16-17-5)2-3-12-9-7(11)8(10)13-4-14-9/h4H,2-3,11H2,1H3,(H,12,13,14). The summed E-state index contributed by atoms with van der Waals surface area (Å²) in [4.78, 5) is 11.8. The predicted molar refractivity (Wildman–Crippen MR) is 62.7 cm³/mol. The molecule has 90 valence electrons. The first kappa shape index (κ1) is 11.6. The minimum absolute atomic E-state index is 0.234. The average Bonchev–Trinajstić information content (AvgIpc) is 2.70. The Labute approximate surface area is 102 Å². The lowest BCUT2D eigenvalue weighted by Gasteiger charge is -2.06. The van der Waals surface area contributed by atoms with Gasteiger partial charge >= 0.3 is 0 Å². The molecule has 0 aromatic carbocycles. The molecule has 0 saturated heterocycles. The second-order valence-electron chi connectivity index (χ2n) is 3.33. The number of hydrogen-bond acceptors (Lipinski definition) is 7.